The van der Waals surface area contributed by atoms with Crippen LogP contribution in [0.2, 0.25) is 0 Å². The highest BCUT2D eigenvalue weighted by atomic mass is 79.9. The number of alkyl halides is 2. The number of benzene rings is 1. The van der Waals surface area contributed by atoms with Gasteiger partial charge in [0.25, 0.3) is 0 Å². The third-order valence-electron chi connectivity index (χ3n) is 2.08. The van der Waals surface area contributed by atoms with E-state index < -0.39 is 4.33 Å². The summed E-state index contributed by atoms with van der Waals surface area (Å²) in [7, 11) is 0. The molecule has 12 heavy (non-hydrogen) atoms. The molecule has 0 amide bonds. The molecule has 3 heteroatoms. The molecule has 0 aromatic heterocycles. The summed E-state index contributed by atoms with van der Waals surface area (Å²) in [5.74, 6) is 0.318. The summed E-state index contributed by atoms with van der Waals surface area (Å²) in [6.45, 7) is 0. The smallest absolute Gasteiger partial charge is 0.101 e. The molecule has 1 fully saturated rings. The zero-order valence-corrected chi connectivity index (χ0v) is 9.33. The first-order chi connectivity index (χ1) is 5.59. The Balaban J connectivity index is 2.26. The van der Waals surface area contributed by atoms with Gasteiger partial charge in [0.05, 0.1) is 0 Å². The van der Waals surface area contributed by atoms with Gasteiger partial charge >= 0.3 is 0 Å². The van der Waals surface area contributed by atoms with Crippen LogP contribution in [0.25, 0.3) is 0 Å². The van der Waals surface area contributed by atoms with E-state index in [9.17, 15) is 0 Å². The zero-order chi connectivity index (χ0) is 8.77. The lowest BCUT2D eigenvalue weighted by atomic mass is 10.1. The van der Waals surface area contributed by atoms with Crippen LogP contribution >= 0.6 is 39.1 Å². The van der Waals surface area contributed by atoms with E-state index in [-0.39, 0.29) is 0 Å². The first-order valence-corrected chi connectivity index (χ1v) is 5.28. The van der Waals surface area contributed by atoms with Crippen molar-refractivity contribution in [2.24, 2.45) is 0 Å². The molecular formula is C9H7BrCl2. The first-order valence-electron chi connectivity index (χ1n) is 3.73. The molecule has 2 rings (SSSR count). The van der Waals surface area contributed by atoms with Gasteiger partial charge in [0.1, 0.15) is 4.33 Å². The van der Waals surface area contributed by atoms with Crippen LogP contribution in [-0.2, 0) is 0 Å². The molecule has 0 saturated heterocycles. The monoisotopic (exact) mass is 264 g/mol. The minimum Gasteiger partial charge on any atom is -0.101 e. The summed E-state index contributed by atoms with van der Waals surface area (Å²) in [5.41, 5.74) is 1.22. The number of rotatable bonds is 1. The summed E-state index contributed by atoms with van der Waals surface area (Å²) in [6, 6.07) is 8.12. The summed E-state index contributed by atoms with van der Waals surface area (Å²) >= 11 is 15.3. The van der Waals surface area contributed by atoms with Gasteiger partial charge in [0.15, 0.2) is 0 Å². The van der Waals surface area contributed by atoms with E-state index in [2.05, 4.69) is 28.1 Å². The Bertz CT molecular complexity index is 309. The molecule has 0 spiro atoms. The maximum Gasteiger partial charge on any atom is 0.125 e. The highest BCUT2D eigenvalue weighted by Crippen LogP contribution is 2.59. The summed E-state index contributed by atoms with van der Waals surface area (Å²) in [4.78, 5) is 0. The van der Waals surface area contributed by atoms with Crippen molar-refractivity contribution in [3.8, 4) is 0 Å². The molecule has 1 aromatic rings. The van der Waals surface area contributed by atoms with E-state index >= 15 is 0 Å². The van der Waals surface area contributed by atoms with E-state index in [0.29, 0.717) is 5.92 Å². The van der Waals surface area contributed by atoms with E-state index in [1.807, 2.05) is 12.1 Å². The Morgan fingerprint density at radius 2 is 2.08 bits per heavy atom. The van der Waals surface area contributed by atoms with Crippen LogP contribution in [0.15, 0.2) is 28.7 Å². The third-order valence-corrected chi connectivity index (χ3v) is 3.41. The summed E-state index contributed by atoms with van der Waals surface area (Å²) < 4.78 is 0.567. The zero-order valence-electron chi connectivity index (χ0n) is 6.23. The fraction of sp³-hybridized carbons (Fsp3) is 0.333. The largest absolute Gasteiger partial charge is 0.125 e. The van der Waals surface area contributed by atoms with Crippen LogP contribution in [0.3, 0.4) is 0 Å². The van der Waals surface area contributed by atoms with Gasteiger partial charge in [-0.25, -0.2) is 0 Å². The molecule has 0 unspecified atom stereocenters. The third kappa shape index (κ3) is 1.63. The molecule has 1 aliphatic rings. The highest BCUT2D eigenvalue weighted by molar-refractivity contribution is 9.10. The Morgan fingerprint density at radius 1 is 1.42 bits per heavy atom. The number of hydrogen-bond acceptors (Lipinski definition) is 0. The normalized spacial score (nSPS) is 25.4. The molecule has 1 atom stereocenters. The van der Waals surface area contributed by atoms with Crippen LogP contribution in [0.5, 0.6) is 0 Å². The van der Waals surface area contributed by atoms with Gasteiger partial charge in [-0.3, -0.25) is 0 Å². The fourth-order valence-corrected chi connectivity index (χ4v) is 2.28. The molecule has 0 nitrogen and oxygen atoms in total. The van der Waals surface area contributed by atoms with Crippen molar-refractivity contribution in [2.75, 3.05) is 0 Å². The van der Waals surface area contributed by atoms with Crippen LogP contribution in [0, 0.1) is 0 Å². The minimum atomic E-state index is -0.513. The average Bonchev–Trinajstić information content (AvgIpc) is 2.60. The summed E-state index contributed by atoms with van der Waals surface area (Å²) in [6.07, 6.45) is 0.868. The van der Waals surface area contributed by atoms with Crippen LogP contribution in [0.4, 0.5) is 0 Å². The van der Waals surface area contributed by atoms with Gasteiger partial charge in [-0.1, -0.05) is 28.1 Å². The molecule has 64 valence electrons. The first kappa shape index (κ1) is 8.86. The standard InChI is InChI=1S/C9H7BrCl2/c10-7-3-1-2-6(4-7)8-5-9(8,11)12/h1-4,8H,5H2/t8-/m0/s1. The van der Waals surface area contributed by atoms with Crippen molar-refractivity contribution in [2.45, 2.75) is 16.7 Å². The van der Waals surface area contributed by atoms with Crippen LogP contribution < -0.4 is 0 Å². The topological polar surface area (TPSA) is 0 Å². The minimum absolute atomic E-state index is 0.318. The van der Waals surface area contributed by atoms with E-state index in [1.54, 1.807) is 0 Å². The average molecular weight is 266 g/mol. The van der Waals surface area contributed by atoms with Crippen molar-refractivity contribution in [3.05, 3.63) is 34.3 Å². The van der Waals surface area contributed by atoms with Gasteiger partial charge in [-0.15, -0.1) is 23.2 Å². The predicted octanol–water partition coefficient (Wildman–Crippen LogP) is 4.11. The lowest BCUT2D eigenvalue weighted by molar-refractivity contribution is 1.10. The Morgan fingerprint density at radius 3 is 2.58 bits per heavy atom. The molecule has 1 aromatic carbocycles. The van der Waals surface area contributed by atoms with Gasteiger partial charge in [0, 0.05) is 10.4 Å². The second-order valence-corrected chi connectivity index (χ2v) is 5.53. The van der Waals surface area contributed by atoms with E-state index in [0.717, 1.165) is 10.9 Å². The molecule has 0 aliphatic heterocycles. The second kappa shape index (κ2) is 2.90. The van der Waals surface area contributed by atoms with E-state index in [4.69, 9.17) is 23.2 Å². The molecule has 0 heterocycles. The van der Waals surface area contributed by atoms with Crippen molar-refractivity contribution in [1.82, 2.24) is 0 Å². The molecule has 1 aliphatic carbocycles. The lowest BCUT2D eigenvalue weighted by Crippen LogP contribution is -1.88. The van der Waals surface area contributed by atoms with Crippen molar-refractivity contribution < 1.29 is 0 Å². The Labute approximate surface area is 90.0 Å². The maximum absolute atomic E-state index is 5.94. The van der Waals surface area contributed by atoms with Gasteiger partial charge in [-0.2, -0.15) is 0 Å². The second-order valence-electron chi connectivity index (χ2n) is 3.07. The Hall–Kier alpha value is 0.280. The number of halogens is 3. The molecular weight excluding hydrogens is 259 g/mol. The SMILES string of the molecule is ClC1(Cl)C[C@H]1c1cccc(Br)c1. The molecule has 0 N–H and O–H groups in total. The molecule has 0 bridgehead atoms. The predicted molar refractivity (Wildman–Crippen MR) is 55.9 cm³/mol. The maximum atomic E-state index is 5.94. The fourth-order valence-electron chi connectivity index (χ4n) is 1.30. The van der Waals surface area contributed by atoms with Crippen LogP contribution in [-0.4, -0.2) is 4.33 Å². The number of hydrogen-bond donors (Lipinski definition) is 0. The molecule has 0 radical (unpaired) electrons. The lowest BCUT2D eigenvalue weighted by Gasteiger charge is -2.00. The quantitative estimate of drug-likeness (QED) is 0.671. The Kier molecular flexibility index (Phi) is 2.14. The van der Waals surface area contributed by atoms with Crippen LogP contribution in [0.1, 0.15) is 17.9 Å². The summed E-state index contributed by atoms with van der Waals surface area (Å²) in [5, 5.41) is 0. The van der Waals surface area contributed by atoms with E-state index in [1.165, 1.54) is 5.56 Å². The van der Waals surface area contributed by atoms with Gasteiger partial charge in [0.2, 0.25) is 0 Å². The highest BCUT2D eigenvalue weighted by Gasteiger charge is 2.52. The van der Waals surface area contributed by atoms with Gasteiger partial charge in [-0.05, 0) is 24.1 Å². The van der Waals surface area contributed by atoms with Crippen molar-refractivity contribution >= 4 is 39.1 Å². The van der Waals surface area contributed by atoms with Crippen molar-refractivity contribution in [1.29, 1.82) is 0 Å². The molecule has 1 saturated carbocycles. The van der Waals surface area contributed by atoms with Crippen molar-refractivity contribution in [3.63, 3.8) is 0 Å². The van der Waals surface area contributed by atoms with Gasteiger partial charge < -0.3 is 0 Å².